The molecule has 0 radical (unpaired) electrons. The molecule has 1 aromatic carbocycles. The van der Waals surface area contributed by atoms with E-state index in [1.165, 1.54) is 0 Å². The Balaban J connectivity index is 1.32. The quantitative estimate of drug-likeness (QED) is 0.693. The first kappa shape index (κ1) is 24.2. The molecule has 0 unspecified atom stereocenters. The summed E-state index contributed by atoms with van der Waals surface area (Å²) >= 11 is 5.94. The van der Waals surface area contributed by atoms with E-state index in [4.69, 9.17) is 26.8 Å². The summed E-state index contributed by atoms with van der Waals surface area (Å²) in [6.45, 7) is 10.3. The Hall–Kier alpha value is -2.94. The molecule has 2 saturated heterocycles. The molecule has 2 aromatic rings. The highest BCUT2D eigenvalue weighted by Crippen LogP contribution is 2.28. The lowest BCUT2D eigenvalue weighted by atomic mass is 10.1. The molecular formula is C24H33ClN6O3. The third kappa shape index (κ3) is 6.14. The van der Waals surface area contributed by atoms with E-state index < -0.39 is 5.60 Å². The van der Waals surface area contributed by atoms with Gasteiger partial charge >= 0.3 is 6.09 Å². The van der Waals surface area contributed by atoms with Crippen molar-refractivity contribution in [1.82, 2.24) is 15.1 Å². The summed E-state index contributed by atoms with van der Waals surface area (Å²) in [6.07, 6.45) is 1.72. The van der Waals surface area contributed by atoms with Crippen molar-refractivity contribution >= 4 is 34.9 Å². The van der Waals surface area contributed by atoms with E-state index in [2.05, 4.69) is 44.3 Å². The van der Waals surface area contributed by atoms with Gasteiger partial charge in [-0.3, -0.25) is 0 Å². The molecule has 3 heterocycles. The molecule has 1 atom stereocenters. The largest absolute Gasteiger partial charge is 0.485 e. The second-order valence-electron chi connectivity index (χ2n) is 9.72. The zero-order valence-corrected chi connectivity index (χ0v) is 20.8. The maximum absolute atomic E-state index is 12.3. The molecule has 4 rings (SSSR count). The fourth-order valence-electron chi connectivity index (χ4n) is 4.25. The number of amides is 1. The van der Waals surface area contributed by atoms with Crippen LogP contribution in [0.15, 0.2) is 30.3 Å². The van der Waals surface area contributed by atoms with E-state index in [0.29, 0.717) is 18.8 Å². The van der Waals surface area contributed by atoms with Crippen LogP contribution in [-0.2, 0) is 4.74 Å². The van der Waals surface area contributed by atoms with Crippen molar-refractivity contribution in [2.24, 2.45) is 0 Å². The van der Waals surface area contributed by atoms with Crippen molar-refractivity contribution in [3.8, 4) is 5.75 Å². The number of hydrogen-bond donors (Lipinski definition) is 1. The van der Waals surface area contributed by atoms with Crippen LogP contribution in [0.4, 0.5) is 22.0 Å². The van der Waals surface area contributed by atoms with Crippen molar-refractivity contribution in [2.45, 2.75) is 45.3 Å². The Labute approximate surface area is 205 Å². The van der Waals surface area contributed by atoms with E-state index in [1.807, 2.05) is 20.8 Å². The van der Waals surface area contributed by atoms with Gasteiger partial charge in [0, 0.05) is 50.2 Å². The van der Waals surface area contributed by atoms with Gasteiger partial charge in [0.2, 0.25) is 0 Å². The standard InChI is InChI=1S/C24H33ClN6O3/c1-24(2,3)34-23(32)30-13-11-29(12-14-30)17-6-8-18(9-7-17)31-10-4-5-19(16-31)33-20-15-21(25)27-28-22(20)26/h6-9,15,19H,4-5,10-14,16H2,1-3H3,(H2,26,28)/t19-/m1/s1. The molecule has 9 nitrogen and oxygen atoms in total. The molecule has 0 aliphatic carbocycles. The number of nitrogens with zero attached hydrogens (tertiary/aromatic N) is 5. The third-order valence-electron chi connectivity index (χ3n) is 5.94. The van der Waals surface area contributed by atoms with Gasteiger partial charge in [-0.25, -0.2) is 4.79 Å². The number of ether oxygens (including phenoxy) is 2. The Morgan fingerprint density at radius 3 is 2.32 bits per heavy atom. The van der Waals surface area contributed by atoms with E-state index in [0.717, 1.165) is 50.4 Å². The summed E-state index contributed by atoms with van der Waals surface area (Å²) in [4.78, 5) is 18.7. The van der Waals surface area contributed by atoms with E-state index in [1.54, 1.807) is 11.0 Å². The van der Waals surface area contributed by atoms with Gasteiger partial charge in [-0.1, -0.05) is 11.6 Å². The van der Waals surface area contributed by atoms with E-state index in [-0.39, 0.29) is 23.2 Å². The van der Waals surface area contributed by atoms with Crippen LogP contribution < -0.4 is 20.3 Å². The fourth-order valence-corrected chi connectivity index (χ4v) is 4.39. The molecule has 10 heteroatoms. The van der Waals surface area contributed by atoms with Gasteiger partial charge in [0.15, 0.2) is 16.7 Å². The van der Waals surface area contributed by atoms with Crippen LogP contribution in [0.25, 0.3) is 0 Å². The maximum Gasteiger partial charge on any atom is 0.410 e. The first-order valence-corrected chi connectivity index (χ1v) is 12.1. The van der Waals surface area contributed by atoms with Crippen LogP contribution in [0.2, 0.25) is 5.15 Å². The first-order chi connectivity index (χ1) is 16.2. The Bertz CT molecular complexity index is 989. The molecule has 2 fully saturated rings. The molecule has 34 heavy (non-hydrogen) atoms. The van der Waals surface area contributed by atoms with Crippen LogP contribution in [0.5, 0.6) is 5.75 Å². The molecule has 1 amide bonds. The molecule has 0 spiro atoms. The van der Waals surface area contributed by atoms with Crippen molar-refractivity contribution in [2.75, 3.05) is 54.8 Å². The van der Waals surface area contributed by atoms with Gasteiger partial charge in [0.05, 0.1) is 6.54 Å². The van der Waals surface area contributed by atoms with Gasteiger partial charge in [-0.15, -0.1) is 10.2 Å². The molecule has 2 N–H and O–H groups in total. The number of rotatable bonds is 4. The monoisotopic (exact) mass is 488 g/mol. The van der Waals surface area contributed by atoms with E-state index >= 15 is 0 Å². The van der Waals surface area contributed by atoms with Crippen molar-refractivity contribution < 1.29 is 14.3 Å². The number of hydrogen-bond acceptors (Lipinski definition) is 8. The van der Waals surface area contributed by atoms with Crippen molar-refractivity contribution in [3.05, 3.63) is 35.5 Å². The first-order valence-electron chi connectivity index (χ1n) is 11.7. The molecule has 1 aromatic heterocycles. The minimum Gasteiger partial charge on any atom is -0.485 e. The van der Waals surface area contributed by atoms with Gasteiger partial charge in [0.1, 0.15) is 11.7 Å². The highest BCUT2D eigenvalue weighted by Gasteiger charge is 2.26. The number of carbonyl (C=O) groups excluding carboxylic acids is 1. The zero-order valence-electron chi connectivity index (χ0n) is 20.0. The number of carbonyl (C=O) groups is 1. The number of halogens is 1. The Morgan fingerprint density at radius 1 is 1.03 bits per heavy atom. The van der Waals surface area contributed by atoms with Crippen LogP contribution >= 0.6 is 11.6 Å². The predicted molar refractivity (Wildman–Crippen MR) is 134 cm³/mol. The van der Waals surface area contributed by atoms with Crippen LogP contribution in [0.1, 0.15) is 33.6 Å². The van der Waals surface area contributed by atoms with Crippen molar-refractivity contribution in [1.29, 1.82) is 0 Å². The lowest BCUT2D eigenvalue weighted by molar-refractivity contribution is 0.0240. The second kappa shape index (κ2) is 10.1. The number of piperidine rings is 1. The highest BCUT2D eigenvalue weighted by atomic mass is 35.5. The summed E-state index contributed by atoms with van der Waals surface area (Å²) in [6, 6.07) is 10.2. The highest BCUT2D eigenvalue weighted by molar-refractivity contribution is 6.29. The van der Waals surface area contributed by atoms with Crippen LogP contribution in [-0.4, -0.2) is 72.2 Å². The number of anilines is 3. The molecular weight excluding hydrogens is 456 g/mol. The van der Waals surface area contributed by atoms with Gasteiger partial charge in [-0.2, -0.15) is 0 Å². The maximum atomic E-state index is 12.3. The Kier molecular flexibility index (Phi) is 7.21. The Morgan fingerprint density at radius 2 is 1.68 bits per heavy atom. The molecule has 2 aliphatic heterocycles. The summed E-state index contributed by atoms with van der Waals surface area (Å²) in [5, 5.41) is 7.83. The van der Waals surface area contributed by atoms with E-state index in [9.17, 15) is 4.79 Å². The van der Waals surface area contributed by atoms with Crippen LogP contribution in [0.3, 0.4) is 0 Å². The second-order valence-corrected chi connectivity index (χ2v) is 10.1. The number of piperazine rings is 1. The lowest BCUT2D eigenvalue weighted by Crippen LogP contribution is -2.50. The molecule has 2 aliphatic rings. The molecule has 0 bridgehead atoms. The number of benzene rings is 1. The minimum atomic E-state index is -0.475. The summed E-state index contributed by atoms with van der Waals surface area (Å²) in [5.41, 5.74) is 7.72. The molecule has 184 valence electrons. The minimum absolute atomic E-state index is 0.00285. The summed E-state index contributed by atoms with van der Waals surface area (Å²) in [5.74, 6) is 0.727. The van der Waals surface area contributed by atoms with Crippen LogP contribution in [0, 0.1) is 0 Å². The average Bonchev–Trinajstić information content (AvgIpc) is 2.81. The average molecular weight is 489 g/mol. The SMILES string of the molecule is CC(C)(C)OC(=O)N1CCN(c2ccc(N3CCC[C@@H](Oc4cc(Cl)nnc4N)C3)cc2)CC1. The number of nitrogen functional groups attached to an aromatic ring is 1. The normalized spacial score (nSPS) is 19.2. The van der Waals surface area contributed by atoms with Gasteiger partial charge < -0.3 is 29.9 Å². The summed E-state index contributed by atoms with van der Waals surface area (Å²) < 4.78 is 11.6. The topological polar surface area (TPSA) is 97.0 Å². The number of nitrogens with two attached hydrogens (primary N) is 1. The smallest absolute Gasteiger partial charge is 0.410 e. The third-order valence-corrected chi connectivity index (χ3v) is 6.12. The fraction of sp³-hybridized carbons (Fsp3) is 0.542. The lowest BCUT2D eigenvalue weighted by Gasteiger charge is -2.37. The summed E-state index contributed by atoms with van der Waals surface area (Å²) in [7, 11) is 0. The molecule has 0 saturated carbocycles. The van der Waals surface area contributed by atoms with Gasteiger partial charge in [0.25, 0.3) is 0 Å². The van der Waals surface area contributed by atoms with Crippen molar-refractivity contribution in [3.63, 3.8) is 0 Å². The zero-order chi connectivity index (χ0) is 24.3. The van der Waals surface area contributed by atoms with Gasteiger partial charge in [-0.05, 0) is 57.9 Å². The predicted octanol–water partition coefficient (Wildman–Crippen LogP) is 3.82. The number of aromatic nitrogens is 2.